The highest BCUT2D eigenvalue weighted by Crippen LogP contribution is 2.67. The third-order valence-corrected chi connectivity index (χ3v) is 20.4. The highest BCUT2D eigenvalue weighted by molar-refractivity contribution is 7.92. The molecule has 1 aromatic carbocycles. The summed E-state index contributed by atoms with van der Waals surface area (Å²) in [4.78, 5) is -0.141. The van der Waals surface area contributed by atoms with Gasteiger partial charge in [0.2, 0.25) is 0 Å². The van der Waals surface area contributed by atoms with Crippen molar-refractivity contribution in [2.24, 2.45) is 46.3 Å². The summed E-state index contributed by atoms with van der Waals surface area (Å²) < 4.78 is 93.1. The van der Waals surface area contributed by atoms with E-state index in [1.807, 2.05) is 0 Å². The van der Waals surface area contributed by atoms with Gasteiger partial charge in [-0.25, -0.2) is 8.42 Å². The van der Waals surface area contributed by atoms with E-state index in [1.165, 1.54) is 37.1 Å². The van der Waals surface area contributed by atoms with E-state index in [9.17, 15) is 8.42 Å². The van der Waals surface area contributed by atoms with Crippen LogP contribution in [0.1, 0.15) is 129 Å². The first-order chi connectivity index (χ1) is 23.2. The molecule has 0 amide bonds. The topological polar surface area (TPSA) is 43.4 Å². The zero-order chi connectivity index (χ0) is 38.2. The Labute approximate surface area is 282 Å². The summed E-state index contributed by atoms with van der Waals surface area (Å²) in [6.45, 7) is 12.1. The van der Waals surface area contributed by atoms with E-state index in [-0.39, 0.29) is 33.1 Å². The minimum absolute atomic E-state index is 0.0516. The summed E-state index contributed by atoms with van der Waals surface area (Å²) in [5.74, 6) is -1.01. The molecule has 3 nitrogen and oxygen atoms in total. The number of rotatable bonds is 9. The van der Waals surface area contributed by atoms with Gasteiger partial charge in [0.25, 0.3) is 0 Å². The quantitative estimate of drug-likeness (QED) is 0.198. The van der Waals surface area contributed by atoms with Gasteiger partial charge in [-0.3, -0.25) is 0 Å². The van der Waals surface area contributed by atoms with E-state index in [1.54, 1.807) is 11.6 Å². The van der Waals surface area contributed by atoms with Gasteiger partial charge in [0.15, 0.2) is 18.2 Å². The molecule has 0 bridgehead atoms. The predicted octanol–water partition coefficient (Wildman–Crippen LogP) is 10.9. The second kappa shape index (κ2) is 12.3. The molecular weight excluding hydrogens is 577 g/mol. The predicted molar refractivity (Wildman–Crippen MR) is 188 cm³/mol. The lowest BCUT2D eigenvalue weighted by molar-refractivity contribution is -0.0565. The molecule has 4 aliphatic rings. The SMILES string of the molecule is [2H]C([2H])([2H])C([2H])(C(CC[C@@H](C)[C@H]1CC[C@H]2[C@@H]3CC=C4C[C@@H](O[Si](C)(C)C(C)(C)C)CC[C@]4(C)[C@H]3CC[C@]12C)S(=O)(=O)c1ccccc1)C([2H])([2H])[2H]. The Balaban J connectivity index is 1.35. The summed E-state index contributed by atoms with van der Waals surface area (Å²) in [5.41, 5.74) is 1.88. The van der Waals surface area contributed by atoms with Crippen LogP contribution in [-0.2, 0) is 14.3 Å². The first kappa shape index (κ1) is 26.1. The van der Waals surface area contributed by atoms with Gasteiger partial charge in [-0.05, 0) is 141 Å². The molecule has 248 valence electrons. The van der Waals surface area contributed by atoms with Crippen molar-refractivity contribution in [3.05, 3.63) is 42.0 Å². The van der Waals surface area contributed by atoms with Gasteiger partial charge in [-0.15, -0.1) is 0 Å². The number of allylic oxidation sites excluding steroid dienone is 1. The lowest BCUT2D eigenvalue weighted by Gasteiger charge is -2.59. The zero-order valence-electron chi connectivity index (χ0n) is 35.7. The Morgan fingerprint density at radius 2 is 1.73 bits per heavy atom. The average molecular weight is 648 g/mol. The van der Waals surface area contributed by atoms with Crippen molar-refractivity contribution >= 4 is 18.2 Å². The Bertz CT molecular complexity index is 1540. The molecular formula is C39H64O3SSi. The van der Waals surface area contributed by atoms with Gasteiger partial charge in [0.05, 0.1) is 10.1 Å². The molecule has 0 aromatic heterocycles. The molecule has 0 saturated heterocycles. The van der Waals surface area contributed by atoms with Crippen LogP contribution in [0.25, 0.3) is 0 Å². The second-order valence-corrected chi connectivity index (χ2v) is 23.9. The van der Waals surface area contributed by atoms with E-state index in [0.717, 1.165) is 38.5 Å². The monoisotopic (exact) mass is 647 g/mol. The highest BCUT2D eigenvalue weighted by Gasteiger charge is 2.59. The molecule has 1 aromatic rings. The number of sulfone groups is 1. The minimum Gasteiger partial charge on any atom is -0.414 e. The zero-order valence-corrected chi connectivity index (χ0v) is 30.5. The first-order valence-corrected chi connectivity index (χ1v) is 21.8. The van der Waals surface area contributed by atoms with Gasteiger partial charge >= 0.3 is 0 Å². The highest BCUT2D eigenvalue weighted by atomic mass is 32.2. The fraction of sp³-hybridized carbons (Fsp3) is 0.795. The van der Waals surface area contributed by atoms with Crippen molar-refractivity contribution in [2.75, 3.05) is 0 Å². The third kappa shape index (κ3) is 6.09. The Kier molecular flexibility index (Phi) is 7.28. The van der Waals surface area contributed by atoms with E-state index < -0.39 is 43.0 Å². The Morgan fingerprint density at radius 1 is 1.02 bits per heavy atom. The molecule has 0 aliphatic heterocycles. The van der Waals surface area contributed by atoms with Crippen molar-refractivity contribution in [3.8, 4) is 0 Å². The summed E-state index contributed by atoms with van der Waals surface area (Å²) in [6, 6.07) is 7.46. The number of benzene rings is 1. The Hall–Kier alpha value is -0.913. The first-order valence-electron chi connectivity index (χ1n) is 20.9. The number of fused-ring (bicyclic) bond motifs is 5. The van der Waals surface area contributed by atoms with Gasteiger partial charge in [-0.2, -0.15) is 0 Å². The molecule has 0 spiro atoms. The maximum atomic E-state index is 14.1. The molecule has 44 heavy (non-hydrogen) atoms. The van der Waals surface area contributed by atoms with Gasteiger partial charge < -0.3 is 4.43 Å². The van der Waals surface area contributed by atoms with E-state index in [0.29, 0.717) is 36.2 Å². The normalized spacial score (nSPS) is 39.0. The van der Waals surface area contributed by atoms with Crippen molar-refractivity contribution in [2.45, 2.75) is 154 Å². The van der Waals surface area contributed by atoms with Crippen molar-refractivity contribution in [1.82, 2.24) is 0 Å². The Morgan fingerprint density at radius 3 is 2.39 bits per heavy atom. The van der Waals surface area contributed by atoms with Crippen molar-refractivity contribution in [1.29, 1.82) is 0 Å². The molecule has 5 rings (SSSR count). The average Bonchev–Trinajstić information content (AvgIpc) is 3.37. The smallest absolute Gasteiger partial charge is 0.192 e. The van der Waals surface area contributed by atoms with E-state index >= 15 is 0 Å². The van der Waals surface area contributed by atoms with Crippen LogP contribution in [0.5, 0.6) is 0 Å². The molecule has 0 heterocycles. The molecule has 0 N–H and O–H groups in total. The maximum absolute atomic E-state index is 14.1. The molecule has 1 unspecified atom stereocenters. The van der Waals surface area contributed by atoms with Crippen molar-refractivity contribution < 1.29 is 22.4 Å². The van der Waals surface area contributed by atoms with Gasteiger partial charge in [-0.1, -0.05) is 85.1 Å². The minimum atomic E-state index is -4.46. The largest absolute Gasteiger partial charge is 0.414 e. The van der Waals surface area contributed by atoms with Gasteiger partial charge in [0.1, 0.15) is 0 Å². The van der Waals surface area contributed by atoms with E-state index in [4.69, 9.17) is 14.0 Å². The van der Waals surface area contributed by atoms with Crippen LogP contribution >= 0.6 is 0 Å². The molecule has 5 heteroatoms. The standard InChI is InChI=1S/C39H64O3SSi/c1-27(2)36(43(40,41)31-14-12-11-13-15-31)21-16-28(3)33-19-20-34-32-18-17-29-26-30(42-44(9,10)37(4,5)6)22-24-38(29,7)35(32)23-25-39(33,34)8/h11-15,17,27-28,30,32-36H,16,18-26H2,1-10H3/t28-,30+,32+,33-,34+,35+,36?,38+,39-/m1/s1/i1D3,2D3,27D. The lowest BCUT2D eigenvalue weighted by atomic mass is 9.47. The van der Waals surface area contributed by atoms with Gasteiger partial charge in [0, 0.05) is 15.7 Å². The molecule has 3 fully saturated rings. The maximum Gasteiger partial charge on any atom is 0.192 e. The van der Waals surface area contributed by atoms with Crippen LogP contribution in [0, 0.1) is 46.3 Å². The lowest BCUT2D eigenvalue weighted by Crippen LogP contribution is -2.52. The summed E-state index contributed by atoms with van der Waals surface area (Å²) in [5, 5.41) is -1.72. The van der Waals surface area contributed by atoms with E-state index in [2.05, 4.69) is 60.7 Å². The molecule has 3 saturated carbocycles. The fourth-order valence-corrected chi connectivity index (χ4v) is 13.2. The third-order valence-electron chi connectivity index (χ3n) is 13.7. The molecule has 4 aliphatic carbocycles. The van der Waals surface area contributed by atoms with Crippen LogP contribution in [0.3, 0.4) is 0 Å². The van der Waals surface area contributed by atoms with Crippen LogP contribution in [0.4, 0.5) is 0 Å². The van der Waals surface area contributed by atoms with Crippen LogP contribution in [-0.4, -0.2) is 28.1 Å². The van der Waals surface area contributed by atoms with Crippen LogP contribution in [0.2, 0.25) is 18.1 Å². The van der Waals surface area contributed by atoms with Crippen LogP contribution in [0.15, 0.2) is 46.9 Å². The fourth-order valence-electron chi connectivity index (χ4n) is 10.1. The second-order valence-electron chi connectivity index (χ2n) is 17.0. The number of hydrogen-bond donors (Lipinski definition) is 0. The van der Waals surface area contributed by atoms with Crippen molar-refractivity contribution in [3.63, 3.8) is 0 Å². The number of hydrogen-bond acceptors (Lipinski definition) is 3. The molecule has 0 radical (unpaired) electrons. The summed E-state index contributed by atoms with van der Waals surface area (Å²) in [7, 11) is -6.31. The summed E-state index contributed by atoms with van der Waals surface area (Å²) in [6.07, 6.45) is 11.9. The summed E-state index contributed by atoms with van der Waals surface area (Å²) >= 11 is 0. The van der Waals surface area contributed by atoms with Crippen LogP contribution < -0.4 is 0 Å². The molecule has 9 atom stereocenters.